The highest BCUT2D eigenvalue weighted by atomic mass is 16.5. The van der Waals surface area contributed by atoms with Crippen LogP contribution in [0, 0.1) is 10.8 Å². The fourth-order valence-electron chi connectivity index (χ4n) is 5.25. The van der Waals surface area contributed by atoms with Gasteiger partial charge in [-0.05, 0) is 57.2 Å². The molecule has 0 radical (unpaired) electrons. The van der Waals surface area contributed by atoms with E-state index in [9.17, 15) is 4.79 Å². The molecular weight excluding hydrogens is 456 g/mol. The van der Waals surface area contributed by atoms with Gasteiger partial charge in [0.1, 0.15) is 23.1 Å². The number of fused-ring (bicyclic) bond motifs is 1. The van der Waals surface area contributed by atoms with Crippen molar-refractivity contribution in [3.8, 4) is 5.75 Å². The molecule has 190 valence electrons. The minimum Gasteiger partial charge on any atom is -0.495 e. The Morgan fingerprint density at radius 1 is 1.22 bits per heavy atom. The van der Waals surface area contributed by atoms with E-state index in [0.29, 0.717) is 40.5 Å². The number of carbonyl (C=O) groups is 1. The first-order chi connectivity index (χ1) is 17.4. The molecule has 10 nitrogen and oxygen atoms in total. The Labute approximate surface area is 211 Å². The molecule has 2 aliphatic carbocycles. The normalized spacial score (nSPS) is 19.8. The summed E-state index contributed by atoms with van der Waals surface area (Å²) in [7, 11) is 1.57. The number of carbonyl (C=O) groups excluding carboxylic acids is 1. The minimum absolute atomic E-state index is 0.102. The van der Waals surface area contributed by atoms with Gasteiger partial charge in [0.05, 0.1) is 25.0 Å². The Morgan fingerprint density at radius 3 is 2.61 bits per heavy atom. The number of aromatic nitrogens is 2. The summed E-state index contributed by atoms with van der Waals surface area (Å²) in [6, 6.07) is 5.73. The summed E-state index contributed by atoms with van der Waals surface area (Å²) in [6.45, 7) is 3.77. The third-order valence-electron chi connectivity index (χ3n) is 7.19. The van der Waals surface area contributed by atoms with Crippen LogP contribution in [0.4, 0.5) is 23.1 Å². The highest BCUT2D eigenvalue weighted by Crippen LogP contribution is 2.41. The lowest BCUT2D eigenvalue weighted by Gasteiger charge is -2.45. The van der Waals surface area contributed by atoms with Crippen LogP contribution in [0.1, 0.15) is 69.2 Å². The molecule has 1 atom stereocenters. The number of methoxy groups -OCH3 is 1. The molecule has 1 amide bonds. The fourth-order valence-corrected chi connectivity index (χ4v) is 5.25. The summed E-state index contributed by atoms with van der Waals surface area (Å²) in [5.41, 5.74) is 1.86. The second kappa shape index (κ2) is 9.75. The summed E-state index contributed by atoms with van der Waals surface area (Å²) in [4.78, 5) is 25.8. The van der Waals surface area contributed by atoms with Crippen molar-refractivity contribution in [1.29, 1.82) is 10.8 Å². The molecule has 36 heavy (non-hydrogen) atoms. The maximum atomic E-state index is 12.5. The average molecular weight is 491 g/mol. The SMILES string of the molecule is CC[C@@H]1C(=N)N(C(C)=N)c2cnc(Nc3ccc(C(=O)NC4CC4)cc3OC)nc2N1C1CCCC1. The number of amidine groups is 2. The zero-order chi connectivity index (χ0) is 25.4. The van der Waals surface area contributed by atoms with Gasteiger partial charge in [0.15, 0.2) is 5.82 Å². The van der Waals surface area contributed by atoms with Gasteiger partial charge in [-0.2, -0.15) is 4.98 Å². The first kappa shape index (κ1) is 24.0. The number of nitrogens with one attached hydrogen (secondary N) is 4. The van der Waals surface area contributed by atoms with Gasteiger partial charge in [-0.25, -0.2) is 4.98 Å². The van der Waals surface area contributed by atoms with E-state index in [0.717, 1.165) is 37.9 Å². The Balaban J connectivity index is 1.49. The summed E-state index contributed by atoms with van der Waals surface area (Å²) in [5.74, 6) is 2.24. The quantitative estimate of drug-likeness (QED) is 0.333. The maximum absolute atomic E-state index is 12.5. The highest BCUT2D eigenvalue weighted by Gasteiger charge is 2.41. The van der Waals surface area contributed by atoms with Crippen LogP contribution in [0.25, 0.3) is 0 Å². The van der Waals surface area contributed by atoms with E-state index in [4.69, 9.17) is 20.5 Å². The molecule has 0 saturated heterocycles. The van der Waals surface area contributed by atoms with Crippen LogP contribution < -0.4 is 25.2 Å². The van der Waals surface area contributed by atoms with Gasteiger partial charge < -0.3 is 20.3 Å². The number of nitrogens with zero attached hydrogens (tertiary/aromatic N) is 4. The first-order valence-electron chi connectivity index (χ1n) is 12.8. The van der Waals surface area contributed by atoms with Gasteiger partial charge in [0.2, 0.25) is 5.95 Å². The highest BCUT2D eigenvalue weighted by molar-refractivity contribution is 6.22. The Kier molecular flexibility index (Phi) is 6.51. The lowest BCUT2D eigenvalue weighted by molar-refractivity contribution is 0.0950. The third-order valence-corrected chi connectivity index (χ3v) is 7.19. The largest absolute Gasteiger partial charge is 0.495 e. The van der Waals surface area contributed by atoms with E-state index >= 15 is 0 Å². The third kappa shape index (κ3) is 4.47. The molecule has 1 aliphatic heterocycles. The minimum atomic E-state index is -0.151. The molecule has 2 heterocycles. The van der Waals surface area contributed by atoms with E-state index in [1.807, 2.05) is 0 Å². The van der Waals surface area contributed by atoms with E-state index in [1.165, 1.54) is 12.8 Å². The summed E-state index contributed by atoms with van der Waals surface area (Å²) in [5, 5.41) is 23.5. The Hall–Kier alpha value is -3.69. The molecular formula is C26H34N8O2. The van der Waals surface area contributed by atoms with Crippen molar-refractivity contribution >= 4 is 40.7 Å². The zero-order valence-corrected chi connectivity index (χ0v) is 21.1. The monoisotopic (exact) mass is 490 g/mol. The van der Waals surface area contributed by atoms with Crippen LogP contribution in [0.15, 0.2) is 24.4 Å². The molecule has 0 bridgehead atoms. The number of benzene rings is 1. The van der Waals surface area contributed by atoms with Crippen molar-refractivity contribution in [3.63, 3.8) is 0 Å². The van der Waals surface area contributed by atoms with Crippen LogP contribution in [-0.4, -0.2) is 52.8 Å². The number of hydrogen-bond acceptors (Lipinski definition) is 8. The molecule has 0 spiro atoms. The summed E-state index contributed by atoms with van der Waals surface area (Å²) >= 11 is 0. The second-order valence-electron chi connectivity index (χ2n) is 9.77. The maximum Gasteiger partial charge on any atom is 0.251 e. The zero-order valence-electron chi connectivity index (χ0n) is 21.1. The molecule has 0 unspecified atom stereocenters. The molecule has 2 aromatic rings. The number of hydrogen-bond donors (Lipinski definition) is 4. The molecule has 1 aromatic heterocycles. The number of ether oxygens (including phenoxy) is 1. The van der Waals surface area contributed by atoms with Gasteiger partial charge in [-0.15, -0.1) is 0 Å². The van der Waals surface area contributed by atoms with Gasteiger partial charge in [-0.3, -0.25) is 20.5 Å². The van der Waals surface area contributed by atoms with E-state index in [-0.39, 0.29) is 23.8 Å². The van der Waals surface area contributed by atoms with Crippen molar-refractivity contribution in [2.75, 3.05) is 22.2 Å². The van der Waals surface area contributed by atoms with Crippen LogP contribution in [0.2, 0.25) is 0 Å². The second-order valence-corrected chi connectivity index (χ2v) is 9.77. The standard InChI is InChI=1S/C26H34N8O2/c1-4-20-23(28)33(15(2)27)21-14-29-26(32-24(21)34(20)18-7-5-6-8-18)31-19-12-9-16(13-22(19)36-3)25(35)30-17-10-11-17/h9,12-14,17-18,20,27-28H,4-8,10-11H2,1-3H3,(H,30,35)(H,29,31,32)/t20-/m1/s1. The van der Waals surface area contributed by atoms with E-state index < -0.39 is 0 Å². The van der Waals surface area contributed by atoms with E-state index in [2.05, 4.69) is 27.4 Å². The van der Waals surface area contributed by atoms with Crippen LogP contribution in [0.3, 0.4) is 0 Å². The van der Waals surface area contributed by atoms with Crippen molar-refractivity contribution < 1.29 is 9.53 Å². The molecule has 5 rings (SSSR count). The molecule has 10 heteroatoms. The van der Waals surface area contributed by atoms with Gasteiger partial charge in [0, 0.05) is 17.6 Å². The van der Waals surface area contributed by atoms with Gasteiger partial charge in [0.25, 0.3) is 5.91 Å². The fraction of sp³-hybridized carbons (Fsp3) is 0.500. The smallest absolute Gasteiger partial charge is 0.251 e. The van der Waals surface area contributed by atoms with Crippen LogP contribution >= 0.6 is 0 Å². The number of amides is 1. The van der Waals surface area contributed by atoms with Crippen molar-refractivity contribution in [2.24, 2.45) is 0 Å². The number of anilines is 4. The summed E-state index contributed by atoms with van der Waals surface area (Å²) in [6.07, 6.45) is 8.98. The Morgan fingerprint density at radius 2 is 1.97 bits per heavy atom. The lowest BCUT2D eigenvalue weighted by Crippen LogP contribution is -2.57. The number of rotatable bonds is 7. The lowest BCUT2D eigenvalue weighted by atomic mass is 10.0. The average Bonchev–Trinajstić information content (AvgIpc) is 3.52. The topological polar surface area (TPSA) is 130 Å². The van der Waals surface area contributed by atoms with Gasteiger partial charge in [-0.1, -0.05) is 19.8 Å². The summed E-state index contributed by atoms with van der Waals surface area (Å²) < 4.78 is 5.57. The molecule has 1 aromatic carbocycles. The molecule has 2 fully saturated rings. The van der Waals surface area contributed by atoms with Crippen LogP contribution in [0.5, 0.6) is 5.75 Å². The van der Waals surface area contributed by atoms with Crippen LogP contribution in [-0.2, 0) is 0 Å². The van der Waals surface area contributed by atoms with Crippen molar-refractivity contribution in [2.45, 2.75) is 76.9 Å². The van der Waals surface area contributed by atoms with Crippen molar-refractivity contribution in [3.05, 3.63) is 30.0 Å². The van der Waals surface area contributed by atoms with E-state index in [1.54, 1.807) is 43.3 Å². The molecule has 4 N–H and O–H groups in total. The van der Waals surface area contributed by atoms with Gasteiger partial charge >= 0.3 is 0 Å². The molecule has 3 aliphatic rings. The Bertz CT molecular complexity index is 1190. The molecule has 2 saturated carbocycles. The van der Waals surface area contributed by atoms with Crippen molar-refractivity contribution in [1.82, 2.24) is 15.3 Å². The first-order valence-corrected chi connectivity index (χ1v) is 12.8. The predicted molar refractivity (Wildman–Crippen MR) is 141 cm³/mol. The predicted octanol–water partition coefficient (Wildman–Crippen LogP) is 4.44.